The fourth-order valence-electron chi connectivity index (χ4n) is 2.72. The minimum absolute atomic E-state index is 0.156. The lowest BCUT2D eigenvalue weighted by Gasteiger charge is -2.08. The first kappa shape index (κ1) is 18.2. The van der Waals surface area contributed by atoms with Gasteiger partial charge < -0.3 is 4.42 Å². The van der Waals surface area contributed by atoms with E-state index in [2.05, 4.69) is 20.4 Å². The fraction of sp³-hybridized carbons (Fsp3) is 0.200. The number of nitrogens with zero attached hydrogens (tertiary/aromatic N) is 4. The van der Waals surface area contributed by atoms with Gasteiger partial charge in [0.25, 0.3) is 0 Å². The largest absolute Gasteiger partial charge is 0.419 e. The lowest BCUT2D eigenvalue weighted by atomic mass is 10.1. The van der Waals surface area contributed by atoms with Crippen molar-refractivity contribution >= 4 is 11.8 Å². The van der Waals surface area contributed by atoms with E-state index in [4.69, 9.17) is 4.42 Å². The van der Waals surface area contributed by atoms with Crippen molar-refractivity contribution in [1.29, 1.82) is 0 Å². The van der Waals surface area contributed by atoms with Crippen LogP contribution in [0.2, 0.25) is 0 Å². The molecule has 7 nitrogen and oxygen atoms in total. The van der Waals surface area contributed by atoms with Gasteiger partial charge in [0, 0.05) is 5.56 Å². The van der Waals surface area contributed by atoms with E-state index < -0.39 is 0 Å². The van der Waals surface area contributed by atoms with Crippen molar-refractivity contribution in [3.8, 4) is 11.5 Å². The lowest BCUT2D eigenvalue weighted by Crippen LogP contribution is -2.18. The van der Waals surface area contributed by atoms with E-state index in [0.717, 1.165) is 11.1 Å². The predicted octanol–water partition coefficient (Wildman–Crippen LogP) is 3.83. The van der Waals surface area contributed by atoms with Crippen molar-refractivity contribution in [3.63, 3.8) is 0 Å². The summed E-state index contributed by atoms with van der Waals surface area (Å²) in [5, 5.41) is 15.4. The van der Waals surface area contributed by atoms with Crippen LogP contribution in [0.3, 0.4) is 0 Å². The Bertz CT molecular complexity index is 1120. The third-order valence-electron chi connectivity index (χ3n) is 4.28. The van der Waals surface area contributed by atoms with E-state index in [1.165, 1.54) is 17.3 Å². The number of thioether (sulfide) groups is 1. The zero-order chi connectivity index (χ0) is 19.5. The standard InChI is InChI=1S/C20H19N5O2S/c1-13-8-10-16(11-9-13)18-22-21-17(27-18)14(2)28-20-24-23-19(26)25(20)12-15-6-4-3-5-7-15/h3-11,14H,12H2,1-2H3,(H,23,26). The van der Waals surface area contributed by atoms with Crippen LogP contribution in [0.4, 0.5) is 0 Å². The van der Waals surface area contributed by atoms with Gasteiger partial charge in [-0.2, -0.15) is 0 Å². The molecule has 142 valence electrons. The Morgan fingerprint density at radius 2 is 1.86 bits per heavy atom. The molecule has 0 amide bonds. The number of aromatic amines is 1. The van der Waals surface area contributed by atoms with Crippen molar-refractivity contribution in [2.24, 2.45) is 0 Å². The molecule has 2 aromatic carbocycles. The molecular formula is C20H19N5O2S. The van der Waals surface area contributed by atoms with E-state index in [1.54, 1.807) is 4.57 Å². The molecule has 1 atom stereocenters. The molecule has 0 aliphatic carbocycles. The Morgan fingerprint density at radius 1 is 1.11 bits per heavy atom. The van der Waals surface area contributed by atoms with E-state index in [1.807, 2.05) is 68.4 Å². The molecule has 4 rings (SSSR count). The fourth-order valence-corrected chi connectivity index (χ4v) is 3.60. The Labute approximate surface area is 165 Å². The molecule has 2 heterocycles. The molecule has 1 N–H and O–H groups in total. The summed E-state index contributed by atoms with van der Waals surface area (Å²) in [6.07, 6.45) is 0. The topological polar surface area (TPSA) is 89.6 Å². The Kier molecular flexibility index (Phi) is 5.12. The summed E-state index contributed by atoms with van der Waals surface area (Å²) >= 11 is 1.40. The van der Waals surface area contributed by atoms with Gasteiger partial charge in [-0.15, -0.1) is 15.3 Å². The highest BCUT2D eigenvalue weighted by atomic mass is 32.2. The molecule has 0 aliphatic heterocycles. The molecule has 0 saturated heterocycles. The van der Waals surface area contributed by atoms with Gasteiger partial charge in [-0.1, -0.05) is 59.8 Å². The third kappa shape index (κ3) is 3.91. The molecule has 0 radical (unpaired) electrons. The normalized spacial score (nSPS) is 12.2. The van der Waals surface area contributed by atoms with Crippen LogP contribution in [-0.4, -0.2) is 25.0 Å². The summed E-state index contributed by atoms with van der Waals surface area (Å²) in [6.45, 7) is 4.42. The predicted molar refractivity (Wildman–Crippen MR) is 107 cm³/mol. The van der Waals surface area contributed by atoms with Gasteiger partial charge in [0.1, 0.15) is 0 Å². The quantitative estimate of drug-likeness (QED) is 0.501. The van der Waals surface area contributed by atoms with Crippen LogP contribution in [0.25, 0.3) is 11.5 Å². The summed E-state index contributed by atoms with van der Waals surface area (Å²) in [6, 6.07) is 17.7. The Balaban J connectivity index is 1.52. The first-order valence-corrected chi connectivity index (χ1v) is 9.74. The van der Waals surface area contributed by atoms with E-state index >= 15 is 0 Å². The number of benzene rings is 2. The number of rotatable bonds is 6. The number of H-pyrrole nitrogens is 1. The summed E-state index contributed by atoms with van der Waals surface area (Å²) < 4.78 is 7.45. The van der Waals surface area contributed by atoms with Gasteiger partial charge in [-0.05, 0) is 31.5 Å². The summed E-state index contributed by atoms with van der Waals surface area (Å²) in [5.41, 5.74) is 2.83. The number of nitrogens with one attached hydrogen (secondary N) is 1. The van der Waals surface area contributed by atoms with E-state index in [0.29, 0.717) is 23.5 Å². The van der Waals surface area contributed by atoms with Crippen LogP contribution in [0, 0.1) is 6.92 Å². The zero-order valence-electron chi connectivity index (χ0n) is 15.5. The van der Waals surface area contributed by atoms with Crippen LogP contribution < -0.4 is 5.69 Å². The first-order chi connectivity index (χ1) is 13.6. The van der Waals surface area contributed by atoms with Gasteiger partial charge in [0.05, 0.1) is 11.8 Å². The number of hydrogen-bond donors (Lipinski definition) is 1. The SMILES string of the molecule is Cc1ccc(-c2nnc(C(C)Sc3n[nH]c(=O)n3Cc3ccccc3)o2)cc1. The lowest BCUT2D eigenvalue weighted by molar-refractivity contribution is 0.508. The van der Waals surface area contributed by atoms with Crippen LogP contribution in [0.1, 0.15) is 29.2 Å². The summed E-state index contributed by atoms with van der Waals surface area (Å²) in [7, 11) is 0. The van der Waals surface area contributed by atoms with Gasteiger partial charge >= 0.3 is 5.69 Å². The number of aromatic nitrogens is 5. The van der Waals surface area contributed by atoms with Crippen molar-refractivity contribution < 1.29 is 4.42 Å². The molecule has 0 bridgehead atoms. The molecule has 0 saturated carbocycles. The maximum Gasteiger partial charge on any atom is 0.344 e. The molecule has 0 fully saturated rings. The minimum atomic E-state index is -0.246. The number of hydrogen-bond acceptors (Lipinski definition) is 6. The zero-order valence-corrected chi connectivity index (χ0v) is 16.3. The van der Waals surface area contributed by atoms with E-state index in [-0.39, 0.29) is 10.9 Å². The average Bonchev–Trinajstić information content (AvgIpc) is 3.32. The molecule has 28 heavy (non-hydrogen) atoms. The second kappa shape index (κ2) is 7.85. The Hall–Kier alpha value is -3.13. The molecular weight excluding hydrogens is 374 g/mol. The van der Waals surface area contributed by atoms with Crippen molar-refractivity contribution in [3.05, 3.63) is 82.1 Å². The van der Waals surface area contributed by atoms with Gasteiger partial charge in [-0.3, -0.25) is 4.57 Å². The van der Waals surface area contributed by atoms with Gasteiger partial charge in [-0.25, -0.2) is 9.89 Å². The van der Waals surface area contributed by atoms with Crippen molar-refractivity contribution in [2.75, 3.05) is 0 Å². The van der Waals surface area contributed by atoms with Crippen LogP contribution in [0.5, 0.6) is 0 Å². The molecule has 0 spiro atoms. The molecule has 8 heteroatoms. The van der Waals surface area contributed by atoms with Gasteiger partial charge in [0.15, 0.2) is 5.16 Å². The van der Waals surface area contributed by atoms with Crippen molar-refractivity contribution in [2.45, 2.75) is 30.8 Å². The minimum Gasteiger partial charge on any atom is -0.419 e. The number of aryl methyl sites for hydroxylation is 1. The second-order valence-electron chi connectivity index (χ2n) is 6.45. The monoisotopic (exact) mass is 393 g/mol. The van der Waals surface area contributed by atoms with Crippen LogP contribution in [-0.2, 0) is 6.54 Å². The molecule has 0 aliphatic rings. The highest BCUT2D eigenvalue weighted by Crippen LogP contribution is 2.33. The maximum absolute atomic E-state index is 12.2. The maximum atomic E-state index is 12.2. The van der Waals surface area contributed by atoms with Crippen molar-refractivity contribution in [1.82, 2.24) is 25.0 Å². The molecule has 1 unspecified atom stereocenters. The summed E-state index contributed by atoms with van der Waals surface area (Å²) in [4.78, 5) is 12.2. The Morgan fingerprint density at radius 3 is 2.61 bits per heavy atom. The van der Waals surface area contributed by atoms with Crippen LogP contribution in [0.15, 0.2) is 69.0 Å². The van der Waals surface area contributed by atoms with Crippen LogP contribution >= 0.6 is 11.8 Å². The first-order valence-electron chi connectivity index (χ1n) is 8.86. The van der Waals surface area contributed by atoms with E-state index in [9.17, 15) is 4.79 Å². The average molecular weight is 393 g/mol. The highest BCUT2D eigenvalue weighted by molar-refractivity contribution is 7.99. The highest BCUT2D eigenvalue weighted by Gasteiger charge is 2.20. The third-order valence-corrected chi connectivity index (χ3v) is 5.35. The molecule has 2 aromatic heterocycles. The summed E-state index contributed by atoms with van der Waals surface area (Å²) in [5.74, 6) is 0.966. The molecule has 4 aromatic rings. The van der Waals surface area contributed by atoms with Gasteiger partial charge in [0.2, 0.25) is 11.8 Å². The smallest absolute Gasteiger partial charge is 0.344 e. The second-order valence-corrected chi connectivity index (χ2v) is 7.76.